The third-order valence-electron chi connectivity index (χ3n) is 4.02. The number of hydrogen-bond acceptors (Lipinski definition) is 2. The van der Waals surface area contributed by atoms with Crippen LogP contribution in [0.4, 0.5) is 4.39 Å². The van der Waals surface area contributed by atoms with Crippen molar-refractivity contribution in [1.82, 2.24) is 10.2 Å². The molecule has 116 valence electrons. The average Bonchev–Trinajstić information content (AvgIpc) is 2.45. The van der Waals surface area contributed by atoms with Gasteiger partial charge in [-0.15, -0.1) is 0 Å². The summed E-state index contributed by atoms with van der Waals surface area (Å²) in [7, 11) is 0. The number of likely N-dealkylation sites (tertiary alicyclic amines) is 1. The number of hydrogen-bond donors (Lipinski definition) is 1. The Morgan fingerprint density at radius 1 is 1.29 bits per heavy atom. The maximum Gasteiger partial charge on any atom is 0.251 e. The van der Waals surface area contributed by atoms with E-state index in [-0.39, 0.29) is 11.4 Å². The predicted octanol–water partition coefficient (Wildman–Crippen LogP) is 3.58. The van der Waals surface area contributed by atoms with Crippen LogP contribution in [0.15, 0.2) is 22.7 Å². The van der Waals surface area contributed by atoms with Crippen LogP contribution in [0.1, 0.15) is 43.5 Å². The van der Waals surface area contributed by atoms with Crippen molar-refractivity contribution in [2.24, 2.45) is 0 Å². The van der Waals surface area contributed by atoms with E-state index < -0.39 is 5.82 Å². The highest BCUT2D eigenvalue weighted by atomic mass is 79.9. The lowest BCUT2D eigenvalue weighted by atomic mass is 9.98. The number of carbonyl (C=O) groups is 1. The van der Waals surface area contributed by atoms with Crippen molar-refractivity contribution < 1.29 is 9.18 Å². The van der Waals surface area contributed by atoms with E-state index in [4.69, 9.17) is 0 Å². The van der Waals surface area contributed by atoms with Crippen LogP contribution >= 0.6 is 15.9 Å². The Labute approximate surface area is 134 Å². The minimum Gasteiger partial charge on any atom is -0.350 e. The van der Waals surface area contributed by atoms with Crippen molar-refractivity contribution in [3.8, 4) is 0 Å². The first-order valence-corrected chi connectivity index (χ1v) is 8.17. The second-order valence-electron chi connectivity index (χ2n) is 6.20. The number of benzene rings is 1. The topological polar surface area (TPSA) is 32.3 Å². The summed E-state index contributed by atoms with van der Waals surface area (Å²) in [5, 5.41) is 2.92. The fraction of sp³-hybridized carbons (Fsp3) is 0.562. The molecular formula is C16H22BrFN2O. The van der Waals surface area contributed by atoms with Crippen LogP contribution in [0.3, 0.4) is 0 Å². The molecule has 1 aliphatic rings. The molecule has 1 saturated heterocycles. The minimum absolute atomic E-state index is 0.0827. The number of amides is 1. The quantitative estimate of drug-likeness (QED) is 0.893. The first-order chi connectivity index (χ1) is 9.88. The number of nitrogens with zero attached hydrogens (tertiary/aromatic N) is 1. The summed E-state index contributed by atoms with van der Waals surface area (Å²) in [4.78, 5) is 14.6. The summed E-state index contributed by atoms with van der Waals surface area (Å²) in [5.41, 5.74) is 0.261. The molecule has 0 radical (unpaired) electrons. The van der Waals surface area contributed by atoms with Crippen LogP contribution in [-0.4, -0.2) is 36.0 Å². The molecule has 0 atom stereocenters. The van der Waals surface area contributed by atoms with Crippen molar-refractivity contribution in [1.29, 1.82) is 0 Å². The van der Waals surface area contributed by atoms with Crippen molar-refractivity contribution in [2.45, 2.75) is 38.6 Å². The Morgan fingerprint density at radius 3 is 2.57 bits per heavy atom. The van der Waals surface area contributed by atoms with Gasteiger partial charge >= 0.3 is 0 Å². The second kappa shape index (κ2) is 6.88. The second-order valence-corrected chi connectivity index (χ2v) is 7.12. The highest BCUT2D eigenvalue weighted by molar-refractivity contribution is 9.10. The zero-order valence-electron chi connectivity index (χ0n) is 12.6. The van der Waals surface area contributed by atoms with Gasteiger partial charge in [0.1, 0.15) is 5.82 Å². The molecule has 0 saturated carbocycles. The molecule has 2 rings (SSSR count). The van der Waals surface area contributed by atoms with Gasteiger partial charge in [-0.3, -0.25) is 9.69 Å². The SMILES string of the molecule is CC(C)(CNC(=O)c1cc(F)cc(Br)c1)N1CCCCC1. The molecule has 1 aliphatic heterocycles. The van der Waals surface area contributed by atoms with Crippen LogP contribution in [0.2, 0.25) is 0 Å². The summed E-state index contributed by atoms with van der Waals surface area (Å²) in [5.74, 6) is -0.648. The summed E-state index contributed by atoms with van der Waals surface area (Å²) in [6.45, 7) is 6.99. The fourth-order valence-corrected chi connectivity index (χ4v) is 3.16. The summed E-state index contributed by atoms with van der Waals surface area (Å²) in [6.07, 6.45) is 3.72. The standard InChI is InChI=1S/C16H22BrFN2O/c1-16(2,20-6-4-3-5-7-20)11-19-15(21)12-8-13(17)10-14(18)9-12/h8-10H,3-7,11H2,1-2H3,(H,19,21). The Balaban J connectivity index is 1.96. The normalized spacial score (nSPS) is 16.8. The smallest absolute Gasteiger partial charge is 0.251 e. The molecule has 0 bridgehead atoms. The van der Waals surface area contributed by atoms with Gasteiger partial charge < -0.3 is 5.32 Å². The molecule has 1 heterocycles. The lowest BCUT2D eigenvalue weighted by Crippen LogP contribution is -2.53. The van der Waals surface area contributed by atoms with Gasteiger partial charge in [0, 0.05) is 22.1 Å². The van der Waals surface area contributed by atoms with Crippen LogP contribution in [0.5, 0.6) is 0 Å². The molecule has 3 nitrogen and oxygen atoms in total. The third-order valence-corrected chi connectivity index (χ3v) is 4.48. The predicted molar refractivity (Wildman–Crippen MR) is 85.9 cm³/mol. The van der Waals surface area contributed by atoms with E-state index in [9.17, 15) is 9.18 Å². The molecule has 0 unspecified atom stereocenters. The van der Waals surface area contributed by atoms with Gasteiger partial charge in [0.15, 0.2) is 0 Å². The zero-order valence-corrected chi connectivity index (χ0v) is 14.2. The highest BCUT2D eigenvalue weighted by Gasteiger charge is 2.28. The highest BCUT2D eigenvalue weighted by Crippen LogP contribution is 2.20. The molecule has 0 aromatic heterocycles. The van der Waals surface area contributed by atoms with Crippen LogP contribution in [0.25, 0.3) is 0 Å². The van der Waals surface area contributed by atoms with E-state index >= 15 is 0 Å². The fourth-order valence-electron chi connectivity index (χ4n) is 2.69. The van der Waals surface area contributed by atoms with Crippen molar-refractivity contribution in [2.75, 3.05) is 19.6 Å². The first kappa shape index (κ1) is 16.4. The van der Waals surface area contributed by atoms with Gasteiger partial charge in [-0.05, 0) is 58.0 Å². The summed E-state index contributed by atoms with van der Waals surface area (Å²) >= 11 is 3.21. The molecule has 1 N–H and O–H groups in total. The van der Waals surface area contributed by atoms with E-state index in [1.54, 1.807) is 6.07 Å². The lowest BCUT2D eigenvalue weighted by Gasteiger charge is -2.41. The van der Waals surface area contributed by atoms with Crippen molar-refractivity contribution in [3.63, 3.8) is 0 Å². The maximum atomic E-state index is 13.3. The summed E-state index contributed by atoms with van der Waals surface area (Å²) in [6, 6.07) is 4.23. The van der Waals surface area contributed by atoms with Gasteiger partial charge in [0.25, 0.3) is 5.91 Å². The van der Waals surface area contributed by atoms with E-state index in [0.29, 0.717) is 16.6 Å². The molecule has 0 aliphatic carbocycles. The minimum atomic E-state index is -0.412. The molecule has 1 amide bonds. The lowest BCUT2D eigenvalue weighted by molar-refractivity contribution is 0.0797. The maximum absolute atomic E-state index is 13.3. The van der Waals surface area contributed by atoms with Crippen LogP contribution in [0, 0.1) is 5.82 Å². The molecule has 0 spiro atoms. The van der Waals surface area contributed by atoms with Gasteiger partial charge in [0.2, 0.25) is 0 Å². The molecule has 21 heavy (non-hydrogen) atoms. The Kier molecular flexibility index (Phi) is 5.38. The van der Waals surface area contributed by atoms with Gasteiger partial charge in [-0.2, -0.15) is 0 Å². The third kappa shape index (κ3) is 4.51. The number of nitrogens with one attached hydrogen (secondary N) is 1. The van der Waals surface area contributed by atoms with Crippen molar-refractivity contribution >= 4 is 21.8 Å². The molecule has 1 aromatic rings. The van der Waals surface area contributed by atoms with E-state index in [2.05, 4.69) is 40.0 Å². The monoisotopic (exact) mass is 356 g/mol. The number of piperidine rings is 1. The number of rotatable bonds is 4. The zero-order chi connectivity index (χ0) is 15.5. The Bertz CT molecular complexity index is 493. The molecule has 5 heteroatoms. The van der Waals surface area contributed by atoms with Crippen LogP contribution < -0.4 is 5.32 Å². The number of halogens is 2. The number of carbonyl (C=O) groups excluding carboxylic acids is 1. The van der Waals surface area contributed by atoms with Gasteiger partial charge in [0.05, 0.1) is 0 Å². The van der Waals surface area contributed by atoms with Crippen LogP contribution in [-0.2, 0) is 0 Å². The molecule has 1 aromatic carbocycles. The Hall–Kier alpha value is -0.940. The van der Waals surface area contributed by atoms with E-state index in [0.717, 1.165) is 13.1 Å². The first-order valence-electron chi connectivity index (χ1n) is 7.38. The summed E-state index contributed by atoms with van der Waals surface area (Å²) < 4.78 is 13.9. The molecular weight excluding hydrogens is 335 g/mol. The van der Waals surface area contributed by atoms with Gasteiger partial charge in [-0.1, -0.05) is 22.4 Å². The molecule has 1 fully saturated rings. The van der Waals surface area contributed by atoms with Crippen molar-refractivity contribution in [3.05, 3.63) is 34.1 Å². The van der Waals surface area contributed by atoms with E-state index in [1.165, 1.54) is 31.4 Å². The average molecular weight is 357 g/mol. The largest absolute Gasteiger partial charge is 0.350 e. The van der Waals surface area contributed by atoms with Gasteiger partial charge in [-0.25, -0.2) is 4.39 Å². The van der Waals surface area contributed by atoms with E-state index in [1.807, 2.05) is 0 Å². The Morgan fingerprint density at radius 2 is 1.95 bits per heavy atom.